The number of methoxy groups -OCH3 is 1. The van der Waals surface area contributed by atoms with Crippen LogP contribution in [-0.2, 0) is 29.7 Å². The summed E-state index contributed by atoms with van der Waals surface area (Å²) in [7, 11) is 1.11. The van der Waals surface area contributed by atoms with Gasteiger partial charge in [0.1, 0.15) is 11.6 Å². The molecule has 3 heterocycles. The van der Waals surface area contributed by atoms with Crippen LogP contribution >= 0.6 is 0 Å². The Kier molecular flexibility index (Phi) is 6.16. The molecular weight excluding hydrogens is 418 g/mol. The van der Waals surface area contributed by atoms with Gasteiger partial charge in [0.2, 0.25) is 0 Å². The lowest BCUT2D eigenvalue weighted by Gasteiger charge is -2.29. The molecule has 0 unspecified atom stereocenters. The summed E-state index contributed by atoms with van der Waals surface area (Å²) in [6.07, 6.45) is 2.06. The zero-order chi connectivity index (χ0) is 22.2. The summed E-state index contributed by atoms with van der Waals surface area (Å²) in [4.78, 5) is 22.7. The molecule has 4 rings (SSSR count). The Morgan fingerprint density at radius 3 is 2.65 bits per heavy atom. The van der Waals surface area contributed by atoms with Gasteiger partial charge >= 0.3 is 0 Å². The molecule has 1 fully saturated rings. The zero-order valence-electron chi connectivity index (χ0n) is 18.2. The maximum absolute atomic E-state index is 12.9. The van der Waals surface area contributed by atoms with E-state index >= 15 is 0 Å². The molecule has 0 amide bonds. The summed E-state index contributed by atoms with van der Waals surface area (Å²) in [5, 5.41) is 0. The Hall–Kier alpha value is -2.27. The molecule has 2 aliphatic rings. The van der Waals surface area contributed by atoms with Crippen molar-refractivity contribution in [3.05, 3.63) is 57.3 Å². The molecular formula is C21H29N5O4S. The number of H-pyrrole nitrogens is 1. The molecule has 0 spiro atoms. The van der Waals surface area contributed by atoms with Crippen LogP contribution in [0.4, 0.5) is 0 Å². The summed E-state index contributed by atoms with van der Waals surface area (Å²) in [6, 6.07) is 7.49. The molecule has 0 saturated carbocycles. The molecule has 1 N–H and O–H groups in total. The lowest BCUT2D eigenvalue weighted by Crippen LogP contribution is -2.41. The van der Waals surface area contributed by atoms with Crippen LogP contribution in [-0.4, -0.2) is 66.2 Å². The molecule has 0 radical (unpaired) electrons. The lowest BCUT2D eigenvalue weighted by molar-refractivity contribution is 0.240. The number of fused-ring (bicyclic) bond motifs is 1. The fourth-order valence-corrected chi connectivity index (χ4v) is 5.59. The highest BCUT2D eigenvalue weighted by atomic mass is 32.2. The Labute approximate surface area is 182 Å². The third-order valence-corrected chi connectivity index (χ3v) is 7.96. The van der Waals surface area contributed by atoms with Gasteiger partial charge in [-0.25, -0.2) is 4.98 Å². The number of nitrogens with one attached hydrogen (secondary N) is 1. The molecule has 1 aromatic carbocycles. The van der Waals surface area contributed by atoms with Gasteiger partial charge < -0.3 is 9.72 Å². The Bertz CT molecular complexity index is 1100. The third-order valence-electron chi connectivity index (χ3n) is 6.01. The minimum absolute atomic E-state index is 0.173. The van der Waals surface area contributed by atoms with Crippen LogP contribution in [0.5, 0.6) is 5.75 Å². The predicted octanol–water partition coefficient (Wildman–Crippen LogP) is 1.28. The normalized spacial score (nSPS) is 20.2. The summed E-state index contributed by atoms with van der Waals surface area (Å²) in [6.45, 7) is 2.48. The van der Waals surface area contributed by atoms with Gasteiger partial charge in [0.05, 0.1) is 24.4 Å². The molecule has 0 aliphatic carbocycles. The average Bonchev–Trinajstić information content (AvgIpc) is 3.25. The zero-order valence-corrected chi connectivity index (χ0v) is 19.0. The topological polar surface area (TPSA) is 98.8 Å². The van der Waals surface area contributed by atoms with Crippen LogP contribution in [0.2, 0.25) is 0 Å². The van der Waals surface area contributed by atoms with Crippen LogP contribution in [0.1, 0.15) is 41.5 Å². The summed E-state index contributed by atoms with van der Waals surface area (Å²) in [5.41, 5.74) is 2.43. The third kappa shape index (κ3) is 4.38. The lowest BCUT2D eigenvalue weighted by atomic mass is 10.1. The molecule has 2 aromatic rings. The number of rotatable bonds is 6. The van der Waals surface area contributed by atoms with Crippen molar-refractivity contribution in [3.63, 3.8) is 0 Å². The van der Waals surface area contributed by atoms with Crippen molar-refractivity contribution in [1.29, 1.82) is 0 Å². The average molecular weight is 448 g/mol. The fourth-order valence-electron chi connectivity index (χ4n) is 4.28. The van der Waals surface area contributed by atoms with Gasteiger partial charge in [-0.3, -0.25) is 9.69 Å². The predicted molar refractivity (Wildman–Crippen MR) is 117 cm³/mol. The number of benzene rings is 1. The first kappa shape index (κ1) is 21.9. The van der Waals surface area contributed by atoms with Crippen molar-refractivity contribution in [2.75, 3.05) is 34.3 Å². The monoisotopic (exact) mass is 447 g/mol. The van der Waals surface area contributed by atoms with Gasteiger partial charge in [0.15, 0.2) is 0 Å². The first-order valence-corrected chi connectivity index (χ1v) is 11.9. The van der Waals surface area contributed by atoms with Crippen molar-refractivity contribution in [2.24, 2.45) is 0 Å². The fraction of sp³-hybridized carbons (Fsp3) is 0.524. The van der Waals surface area contributed by atoms with Gasteiger partial charge in [-0.2, -0.15) is 17.0 Å². The van der Waals surface area contributed by atoms with Gasteiger partial charge in [-0.15, -0.1) is 0 Å². The molecule has 1 atom stereocenters. The van der Waals surface area contributed by atoms with Gasteiger partial charge in [0.25, 0.3) is 15.8 Å². The van der Waals surface area contributed by atoms with Crippen LogP contribution in [0, 0.1) is 0 Å². The Morgan fingerprint density at radius 2 is 1.97 bits per heavy atom. The second-order valence-corrected chi connectivity index (χ2v) is 10.3. The van der Waals surface area contributed by atoms with Gasteiger partial charge in [0, 0.05) is 46.7 Å². The van der Waals surface area contributed by atoms with E-state index in [4.69, 9.17) is 9.72 Å². The first-order chi connectivity index (χ1) is 14.8. The number of aromatic nitrogens is 2. The number of ether oxygens (including phenoxy) is 1. The Balaban J connectivity index is 1.54. The molecule has 0 bridgehead atoms. The minimum atomic E-state index is -3.57. The molecule has 31 heavy (non-hydrogen) atoms. The second-order valence-electron chi connectivity index (χ2n) is 8.24. The van der Waals surface area contributed by atoms with Crippen LogP contribution in [0.15, 0.2) is 29.1 Å². The van der Waals surface area contributed by atoms with E-state index in [0.717, 1.165) is 36.5 Å². The summed E-state index contributed by atoms with van der Waals surface area (Å²) < 4.78 is 33.2. The number of hydrogen-bond acceptors (Lipinski definition) is 6. The number of nitrogens with zero attached hydrogens (tertiary/aromatic N) is 4. The van der Waals surface area contributed by atoms with Crippen LogP contribution < -0.4 is 10.3 Å². The van der Waals surface area contributed by atoms with E-state index in [-0.39, 0.29) is 5.56 Å². The number of hydrogen-bond donors (Lipinski definition) is 1. The van der Waals surface area contributed by atoms with Crippen molar-refractivity contribution >= 4 is 10.2 Å². The molecule has 9 nitrogen and oxygen atoms in total. The standard InChI is InChI=1S/C21H29N5O4S/c1-24(2)31(28,29)26-11-4-5-19(26)20-22-18-10-12-25(14-17(18)21(27)23-20)13-15-6-8-16(30-3)9-7-15/h6-9,19H,4-5,10-14H2,1-3H3,(H,22,23,27)/t19-/m1/s1. The maximum atomic E-state index is 12.9. The smallest absolute Gasteiger partial charge is 0.282 e. The SMILES string of the molecule is COc1ccc(CN2CCc3nc([C@H]4CCCN4S(=O)(=O)N(C)C)[nH]c(=O)c3C2)cc1. The van der Waals surface area contributed by atoms with E-state index in [0.29, 0.717) is 37.3 Å². The van der Waals surface area contributed by atoms with E-state index in [1.54, 1.807) is 7.11 Å². The second kappa shape index (κ2) is 8.70. The largest absolute Gasteiger partial charge is 0.497 e. The van der Waals surface area contributed by atoms with Crippen LogP contribution in [0.25, 0.3) is 0 Å². The van der Waals surface area contributed by atoms with Crippen molar-refractivity contribution < 1.29 is 13.2 Å². The number of aromatic amines is 1. The van der Waals surface area contributed by atoms with Crippen molar-refractivity contribution in [1.82, 2.24) is 23.5 Å². The molecule has 1 aromatic heterocycles. The summed E-state index contributed by atoms with van der Waals surface area (Å²) in [5.74, 6) is 1.27. The molecule has 168 valence electrons. The van der Waals surface area contributed by atoms with E-state index in [1.165, 1.54) is 22.7 Å². The highest BCUT2D eigenvalue weighted by Gasteiger charge is 2.38. The van der Waals surface area contributed by atoms with E-state index in [9.17, 15) is 13.2 Å². The van der Waals surface area contributed by atoms with Crippen LogP contribution in [0.3, 0.4) is 0 Å². The first-order valence-electron chi connectivity index (χ1n) is 10.5. The summed E-state index contributed by atoms with van der Waals surface area (Å²) >= 11 is 0. The molecule has 1 saturated heterocycles. The maximum Gasteiger partial charge on any atom is 0.282 e. The molecule has 2 aliphatic heterocycles. The highest BCUT2D eigenvalue weighted by molar-refractivity contribution is 7.86. The van der Waals surface area contributed by atoms with E-state index in [2.05, 4.69) is 9.88 Å². The van der Waals surface area contributed by atoms with Crippen molar-refractivity contribution in [2.45, 2.75) is 38.4 Å². The van der Waals surface area contributed by atoms with E-state index < -0.39 is 16.3 Å². The highest BCUT2D eigenvalue weighted by Crippen LogP contribution is 2.33. The van der Waals surface area contributed by atoms with E-state index in [1.807, 2.05) is 24.3 Å². The molecule has 10 heteroatoms. The quantitative estimate of drug-likeness (QED) is 0.716. The Morgan fingerprint density at radius 1 is 1.23 bits per heavy atom. The van der Waals surface area contributed by atoms with Gasteiger partial charge in [-0.05, 0) is 30.5 Å². The van der Waals surface area contributed by atoms with Crippen molar-refractivity contribution in [3.8, 4) is 5.75 Å². The van der Waals surface area contributed by atoms with Gasteiger partial charge in [-0.1, -0.05) is 12.1 Å². The minimum Gasteiger partial charge on any atom is -0.497 e.